The Labute approximate surface area is 77.9 Å². The van der Waals surface area contributed by atoms with Crippen molar-refractivity contribution in [1.82, 2.24) is 20.4 Å². The van der Waals surface area contributed by atoms with Crippen molar-refractivity contribution >= 4 is 17.6 Å². The fourth-order valence-electron chi connectivity index (χ4n) is 0.604. The molecule has 0 saturated heterocycles. The monoisotopic (exact) mass is 203 g/mol. The fraction of sp³-hybridized carbons (Fsp3) is 0.400. The molecule has 1 heterocycles. The van der Waals surface area contributed by atoms with Crippen molar-refractivity contribution in [2.24, 2.45) is 5.73 Å². The molecular weight excluding hydrogens is 198 g/mol. The van der Waals surface area contributed by atoms with Gasteiger partial charge in [0.25, 0.3) is 5.28 Å². The standard InChI is InChI=1S/C5H6ClN5O2/c6-5-10-8-3(9-11-5)1-2(7)4(12)13/h2H,1,7H2,(H,12,13). The summed E-state index contributed by atoms with van der Waals surface area (Å²) in [6, 6.07) is -1.05. The number of hydrogen-bond acceptors (Lipinski definition) is 6. The van der Waals surface area contributed by atoms with E-state index in [0.29, 0.717) is 0 Å². The van der Waals surface area contributed by atoms with Gasteiger partial charge in [0.15, 0.2) is 5.82 Å². The first kappa shape index (κ1) is 9.75. The van der Waals surface area contributed by atoms with Gasteiger partial charge in [0.1, 0.15) is 6.04 Å². The highest BCUT2D eigenvalue weighted by Crippen LogP contribution is 1.95. The zero-order valence-electron chi connectivity index (χ0n) is 6.38. The van der Waals surface area contributed by atoms with Gasteiger partial charge in [-0.2, -0.15) is 0 Å². The minimum Gasteiger partial charge on any atom is -0.480 e. The predicted octanol–water partition coefficient (Wildman–Crippen LogP) is -1.13. The van der Waals surface area contributed by atoms with Gasteiger partial charge < -0.3 is 10.8 Å². The SMILES string of the molecule is NC(Cc1nnc(Cl)nn1)C(=O)O. The lowest BCUT2D eigenvalue weighted by Crippen LogP contribution is -2.33. The molecule has 0 saturated carbocycles. The van der Waals surface area contributed by atoms with Crippen LogP contribution in [-0.2, 0) is 11.2 Å². The number of carbonyl (C=O) groups is 1. The highest BCUT2D eigenvalue weighted by atomic mass is 35.5. The summed E-state index contributed by atoms with van der Waals surface area (Å²) in [5, 5.41) is 22.1. The van der Waals surface area contributed by atoms with Crippen LogP contribution in [0.2, 0.25) is 5.28 Å². The van der Waals surface area contributed by atoms with Gasteiger partial charge in [0, 0.05) is 6.42 Å². The maximum absolute atomic E-state index is 10.3. The van der Waals surface area contributed by atoms with E-state index >= 15 is 0 Å². The molecule has 0 spiro atoms. The van der Waals surface area contributed by atoms with E-state index < -0.39 is 12.0 Å². The molecule has 7 nitrogen and oxygen atoms in total. The number of nitrogens with two attached hydrogens (primary N) is 1. The minimum atomic E-state index is -1.13. The molecule has 0 aliphatic heterocycles. The van der Waals surface area contributed by atoms with Gasteiger partial charge in [0.05, 0.1) is 0 Å². The molecule has 1 aromatic heterocycles. The van der Waals surface area contributed by atoms with E-state index in [0.717, 1.165) is 0 Å². The van der Waals surface area contributed by atoms with Crippen LogP contribution in [0.3, 0.4) is 0 Å². The Kier molecular flexibility index (Phi) is 3.04. The number of carboxylic acids is 1. The second-order valence-corrected chi connectivity index (χ2v) is 2.57. The lowest BCUT2D eigenvalue weighted by atomic mass is 10.2. The quantitative estimate of drug-likeness (QED) is 0.639. The summed E-state index contributed by atoms with van der Waals surface area (Å²) >= 11 is 5.32. The first-order valence-corrected chi connectivity index (χ1v) is 3.67. The van der Waals surface area contributed by atoms with E-state index in [9.17, 15) is 4.79 Å². The van der Waals surface area contributed by atoms with E-state index in [-0.39, 0.29) is 17.5 Å². The Balaban J connectivity index is 2.64. The lowest BCUT2D eigenvalue weighted by Gasteiger charge is -2.02. The summed E-state index contributed by atoms with van der Waals surface area (Å²) in [5.74, 6) is -0.974. The molecule has 0 bridgehead atoms. The Morgan fingerprint density at radius 2 is 2.00 bits per heavy atom. The van der Waals surface area contributed by atoms with Crippen LogP contribution in [0.1, 0.15) is 5.82 Å². The van der Waals surface area contributed by atoms with Crippen molar-refractivity contribution in [3.05, 3.63) is 11.1 Å². The normalized spacial score (nSPS) is 12.5. The average Bonchev–Trinajstić information content (AvgIpc) is 2.08. The predicted molar refractivity (Wildman–Crippen MR) is 41.9 cm³/mol. The highest BCUT2D eigenvalue weighted by molar-refractivity contribution is 6.28. The van der Waals surface area contributed by atoms with Crippen LogP contribution in [0.25, 0.3) is 0 Å². The molecule has 0 aliphatic rings. The first-order valence-electron chi connectivity index (χ1n) is 3.29. The van der Waals surface area contributed by atoms with Gasteiger partial charge in [-0.05, 0) is 11.6 Å². The molecule has 0 aliphatic carbocycles. The number of halogens is 1. The minimum absolute atomic E-state index is 0.0213. The number of aliphatic carboxylic acids is 1. The third-order valence-electron chi connectivity index (χ3n) is 1.22. The van der Waals surface area contributed by atoms with Crippen LogP contribution in [0, 0.1) is 0 Å². The summed E-state index contributed by atoms with van der Waals surface area (Å²) in [6.45, 7) is 0. The molecule has 0 aromatic carbocycles. The van der Waals surface area contributed by atoms with Gasteiger partial charge >= 0.3 is 5.97 Å². The molecule has 8 heteroatoms. The topological polar surface area (TPSA) is 115 Å². The van der Waals surface area contributed by atoms with Crippen molar-refractivity contribution < 1.29 is 9.90 Å². The molecule has 0 amide bonds. The van der Waals surface area contributed by atoms with Crippen molar-refractivity contribution in [3.63, 3.8) is 0 Å². The fourth-order valence-corrected chi connectivity index (χ4v) is 0.679. The molecule has 0 radical (unpaired) electrons. The zero-order valence-corrected chi connectivity index (χ0v) is 7.14. The molecule has 0 fully saturated rings. The van der Waals surface area contributed by atoms with Gasteiger partial charge in [-0.3, -0.25) is 4.79 Å². The second-order valence-electron chi connectivity index (χ2n) is 2.23. The summed E-state index contributed by atoms with van der Waals surface area (Å²) < 4.78 is 0. The Bertz CT molecular complexity index is 302. The molecule has 3 N–H and O–H groups in total. The summed E-state index contributed by atoms with van der Waals surface area (Å²) in [6.07, 6.45) is -0.0213. The van der Waals surface area contributed by atoms with E-state index in [1.54, 1.807) is 0 Å². The smallest absolute Gasteiger partial charge is 0.320 e. The van der Waals surface area contributed by atoms with Crippen LogP contribution in [-0.4, -0.2) is 37.5 Å². The number of nitrogens with zero attached hydrogens (tertiary/aromatic N) is 4. The van der Waals surface area contributed by atoms with Crippen molar-refractivity contribution in [2.75, 3.05) is 0 Å². The Morgan fingerprint density at radius 1 is 1.46 bits per heavy atom. The van der Waals surface area contributed by atoms with Crippen molar-refractivity contribution in [2.45, 2.75) is 12.5 Å². The van der Waals surface area contributed by atoms with Crippen LogP contribution < -0.4 is 5.73 Å². The van der Waals surface area contributed by atoms with Gasteiger partial charge in [-0.25, -0.2) is 0 Å². The van der Waals surface area contributed by atoms with E-state index in [4.69, 9.17) is 22.4 Å². The molecule has 1 aromatic rings. The van der Waals surface area contributed by atoms with Crippen LogP contribution in [0.15, 0.2) is 0 Å². The summed E-state index contributed by atoms with van der Waals surface area (Å²) in [7, 11) is 0. The van der Waals surface area contributed by atoms with Crippen molar-refractivity contribution in [3.8, 4) is 0 Å². The van der Waals surface area contributed by atoms with Crippen LogP contribution in [0.4, 0.5) is 0 Å². The number of carboxylic acid groups (broad SMARTS) is 1. The van der Waals surface area contributed by atoms with Crippen LogP contribution in [0.5, 0.6) is 0 Å². The summed E-state index contributed by atoms with van der Waals surface area (Å²) in [5.41, 5.74) is 5.22. The second kappa shape index (κ2) is 4.06. The molecule has 70 valence electrons. The first-order chi connectivity index (χ1) is 6.09. The molecule has 13 heavy (non-hydrogen) atoms. The van der Waals surface area contributed by atoms with Gasteiger partial charge in [-0.1, -0.05) is 0 Å². The van der Waals surface area contributed by atoms with E-state index in [2.05, 4.69) is 20.4 Å². The number of aromatic nitrogens is 4. The molecule has 1 atom stereocenters. The van der Waals surface area contributed by atoms with Gasteiger partial charge in [0.2, 0.25) is 0 Å². The number of rotatable bonds is 3. The Morgan fingerprint density at radius 3 is 2.46 bits per heavy atom. The van der Waals surface area contributed by atoms with Crippen molar-refractivity contribution in [1.29, 1.82) is 0 Å². The molecular formula is C5H6ClN5O2. The highest BCUT2D eigenvalue weighted by Gasteiger charge is 2.14. The number of hydrogen-bond donors (Lipinski definition) is 2. The maximum atomic E-state index is 10.3. The third kappa shape index (κ3) is 2.88. The van der Waals surface area contributed by atoms with Gasteiger partial charge in [-0.15, -0.1) is 20.4 Å². The van der Waals surface area contributed by atoms with E-state index in [1.165, 1.54) is 0 Å². The Hall–Kier alpha value is -1.34. The zero-order chi connectivity index (χ0) is 9.84. The molecule has 1 unspecified atom stereocenters. The summed E-state index contributed by atoms with van der Waals surface area (Å²) in [4.78, 5) is 10.3. The largest absolute Gasteiger partial charge is 0.480 e. The maximum Gasteiger partial charge on any atom is 0.320 e. The average molecular weight is 204 g/mol. The van der Waals surface area contributed by atoms with E-state index in [1.807, 2.05) is 0 Å². The lowest BCUT2D eigenvalue weighted by molar-refractivity contribution is -0.138. The van der Waals surface area contributed by atoms with Crippen LogP contribution >= 0.6 is 11.6 Å². The third-order valence-corrected chi connectivity index (χ3v) is 1.37. The molecule has 1 rings (SSSR count).